The van der Waals surface area contributed by atoms with E-state index in [9.17, 15) is 0 Å². The minimum absolute atomic E-state index is 0.585. The van der Waals surface area contributed by atoms with Gasteiger partial charge in [0.1, 0.15) is 0 Å². The zero-order chi connectivity index (χ0) is 21.0. The number of nitrogens with two attached hydrogens (primary N) is 2. The van der Waals surface area contributed by atoms with Gasteiger partial charge >= 0.3 is 0 Å². The fourth-order valence-electron chi connectivity index (χ4n) is 3.01. The van der Waals surface area contributed by atoms with Crippen molar-refractivity contribution in [3.05, 3.63) is 60.2 Å². The molecule has 2 atom stereocenters. The maximum atomic E-state index is 5.44. The van der Waals surface area contributed by atoms with Crippen molar-refractivity contribution in [2.45, 2.75) is 58.3 Å². The Hall–Kier alpha value is -1.82. The first-order valence-corrected chi connectivity index (χ1v) is 10.6. The third kappa shape index (κ3) is 11.1. The van der Waals surface area contributed by atoms with Crippen molar-refractivity contribution in [2.75, 3.05) is 26.7 Å². The average Bonchev–Trinajstić information content (AvgIpc) is 2.82. The molecule has 2 aromatic rings. The number of pyridine rings is 2. The number of hydrogen-bond acceptors (Lipinski definition) is 5. The van der Waals surface area contributed by atoms with Crippen molar-refractivity contribution in [2.24, 2.45) is 11.5 Å². The van der Waals surface area contributed by atoms with E-state index < -0.39 is 0 Å². The molecule has 0 amide bonds. The highest BCUT2D eigenvalue weighted by molar-refractivity contribution is 5.15. The predicted molar refractivity (Wildman–Crippen MR) is 121 cm³/mol. The van der Waals surface area contributed by atoms with E-state index in [1.165, 1.54) is 37.6 Å². The Morgan fingerprint density at radius 2 is 1.79 bits per heavy atom. The number of aromatic nitrogens is 2. The number of nitrogens with zero attached hydrogens (tertiary/aromatic N) is 2. The molecular formula is C23H41N5. The van der Waals surface area contributed by atoms with Crippen LogP contribution in [-0.4, -0.2) is 36.6 Å². The van der Waals surface area contributed by atoms with Crippen LogP contribution in [0.4, 0.5) is 0 Å². The van der Waals surface area contributed by atoms with Crippen LogP contribution in [0.2, 0.25) is 0 Å². The van der Waals surface area contributed by atoms with Crippen molar-refractivity contribution in [3.63, 3.8) is 0 Å². The van der Waals surface area contributed by atoms with E-state index in [-0.39, 0.29) is 0 Å². The molecule has 1 fully saturated rings. The summed E-state index contributed by atoms with van der Waals surface area (Å²) in [5.41, 5.74) is 12.6. The Kier molecular flexibility index (Phi) is 17.3. The lowest BCUT2D eigenvalue weighted by Crippen LogP contribution is -2.28. The van der Waals surface area contributed by atoms with Gasteiger partial charge in [-0.05, 0) is 80.9 Å². The number of hydrogen-bond donors (Lipinski definition) is 3. The monoisotopic (exact) mass is 387 g/mol. The Labute approximate surface area is 172 Å². The van der Waals surface area contributed by atoms with Gasteiger partial charge < -0.3 is 16.8 Å². The Morgan fingerprint density at radius 3 is 2.29 bits per heavy atom. The van der Waals surface area contributed by atoms with Crippen LogP contribution in [0.25, 0.3) is 0 Å². The Morgan fingerprint density at radius 1 is 1.11 bits per heavy atom. The standard InChI is InChI=1S/C10H14N2.C10H16N2.C2H6.CH5N/c1-3-9(7-11-5-1)10-4-2-6-12-8-10;1-9(4-2-6-11)10-5-3-7-12-8-10;2*1-2/h1,3,5,7,10,12H,2,4,6,8H2;3,5,7-9H,2,4,6,11H2,1H3;1-2H3;2H2,1H3. The molecule has 5 heteroatoms. The average molecular weight is 388 g/mol. The van der Waals surface area contributed by atoms with Gasteiger partial charge in [0.15, 0.2) is 0 Å². The minimum atomic E-state index is 0.585. The molecule has 5 N–H and O–H groups in total. The Balaban J connectivity index is 0.000000443. The second kappa shape index (κ2) is 18.5. The molecule has 0 saturated carbocycles. The molecule has 0 radical (unpaired) electrons. The fraction of sp³-hybridized carbons (Fsp3) is 0.565. The molecule has 0 aromatic carbocycles. The van der Waals surface area contributed by atoms with Gasteiger partial charge in [0.25, 0.3) is 0 Å². The molecular weight excluding hydrogens is 346 g/mol. The van der Waals surface area contributed by atoms with E-state index in [0.717, 1.165) is 25.9 Å². The van der Waals surface area contributed by atoms with Gasteiger partial charge in [0, 0.05) is 31.3 Å². The van der Waals surface area contributed by atoms with E-state index in [2.05, 4.69) is 40.1 Å². The van der Waals surface area contributed by atoms with Crippen LogP contribution in [0, 0.1) is 0 Å². The normalized spacial score (nSPS) is 16.1. The summed E-state index contributed by atoms with van der Waals surface area (Å²) in [5, 5.41) is 3.41. The predicted octanol–water partition coefficient (Wildman–Crippen LogP) is 4.07. The molecule has 5 nitrogen and oxygen atoms in total. The molecule has 2 aromatic heterocycles. The summed E-state index contributed by atoms with van der Waals surface area (Å²) < 4.78 is 0. The van der Waals surface area contributed by atoms with E-state index in [1.54, 1.807) is 6.20 Å². The Bertz CT molecular complexity index is 541. The van der Waals surface area contributed by atoms with Crippen LogP contribution in [0.15, 0.2) is 49.1 Å². The maximum absolute atomic E-state index is 5.44. The second-order valence-corrected chi connectivity index (χ2v) is 6.45. The second-order valence-electron chi connectivity index (χ2n) is 6.45. The fourth-order valence-corrected chi connectivity index (χ4v) is 3.01. The molecule has 2 unspecified atom stereocenters. The van der Waals surface area contributed by atoms with Crippen LogP contribution in [0.5, 0.6) is 0 Å². The molecule has 0 spiro atoms. The summed E-state index contributed by atoms with van der Waals surface area (Å²) >= 11 is 0. The van der Waals surface area contributed by atoms with E-state index in [0.29, 0.717) is 11.8 Å². The van der Waals surface area contributed by atoms with Gasteiger partial charge in [0.05, 0.1) is 0 Å². The molecule has 0 bridgehead atoms. The highest BCUT2D eigenvalue weighted by Crippen LogP contribution is 2.21. The quantitative estimate of drug-likeness (QED) is 0.719. The zero-order valence-electron chi connectivity index (χ0n) is 18.3. The third-order valence-corrected chi connectivity index (χ3v) is 4.55. The van der Waals surface area contributed by atoms with E-state index in [4.69, 9.17) is 5.73 Å². The largest absolute Gasteiger partial charge is 0.333 e. The van der Waals surface area contributed by atoms with Gasteiger partial charge in [0.2, 0.25) is 0 Å². The summed E-state index contributed by atoms with van der Waals surface area (Å²) in [6.45, 7) is 9.29. The van der Waals surface area contributed by atoms with Crippen molar-refractivity contribution >= 4 is 0 Å². The first kappa shape index (κ1) is 26.2. The van der Waals surface area contributed by atoms with Gasteiger partial charge in [-0.2, -0.15) is 0 Å². The van der Waals surface area contributed by atoms with Gasteiger partial charge in [-0.1, -0.05) is 32.9 Å². The van der Waals surface area contributed by atoms with Crippen LogP contribution in [0.1, 0.15) is 69.4 Å². The molecule has 1 aliphatic heterocycles. The maximum Gasteiger partial charge on any atom is 0.0303 e. The summed E-state index contributed by atoms with van der Waals surface area (Å²) in [4.78, 5) is 8.21. The highest BCUT2D eigenvalue weighted by Gasteiger charge is 2.14. The van der Waals surface area contributed by atoms with Crippen molar-refractivity contribution in [1.82, 2.24) is 15.3 Å². The lowest BCUT2D eigenvalue weighted by atomic mass is 9.93. The van der Waals surface area contributed by atoms with Gasteiger partial charge in [-0.15, -0.1) is 0 Å². The van der Waals surface area contributed by atoms with Gasteiger partial charge in [-0.25, -0.2) is 0 Å². The smallest absolute Gasteiger partial charge is 0.0303 e. The molecule has 28 heavy (non-hydrogen) atoms. The van der Waals surface area contributed by atoms with E-state index >= 15 is 0 Å². The summed E-state index contributed by atoms with van der Waals surface area (Å²) in [6, 6.07) is 8.29. The van der Waals surface area contributed by atoms with Crippen LogP contribution >= 0.6 is 0 Å². The molecule has 158 valence electrons. The zero-order valence-corrected chi connectivity index (χ0v) is 18.3. The summed E-state index contributed by atoms with van der Waals surface area (Å²) in [6.07, 6.45) is 12.4. The van der Waals surface area contributed by atoms with Crippen LogP contribution in [-0.2, 0) is 0 Å². The number of piperidine rings is 1. The minimum Gasteiger partial charge on any atom is -0.333 e. The highest BCUT2D eigenvalue weighted by atomic mass is 14.9. The summed E-state index contributed by atoms with van der Waals surface area (Å²) in [7, 11) is 1.50. The molecule has 1 aliphatic rings. The number of rotatable bonds is 5. The van der Waals surface area contributed by atoms with Crippen molar-refractivity contribution in [3.8, 4) is 0 Å². The lowest BCUT2D eigenvalue weighted by Gasteiger charge is -2.22. The lowest BCUT2D eigenvalue weighted by molar-refractivity contribution is 0.461. The first-order valence-electron chi connectivity index (χ1n) is 10.6. The summed E-state index contributed by atoms with van der Waals surface area (Å²) in [5.74, 6) is 1.27. The number of nitrogens with one attached hydrogen (secondary N) is 1. The van der Waals surface area contributed by atoms with Crippen LogP contribution in [0.3, 0.4) is 0 Å². The van der Waals surface area contributed by atoms with Gasteiger partial charge in [-0.3, -0.25) is 9.97 Å². The van der Waals surface area contributed by atoms with Crippen molar-refractivity contribution < 1.29 is 0 Å². The first-order chi connectivity index (χ1) is 13.8. The topological polar surface area (TPSA) is 89.8 Å². The molecule has 0 aliphatic carbocycles. The van der Waals surface area contributed by atoms with E-state index in [1.807, 2.05) is 44.6 Å². The SMILES string of the molecule is CC.CC(CCCN)c1cccnc1.CN.c1cncc(C2CCCNC2)c1. The van der Waals surface area contributed by atoms with Crippen molar-refractivity contribution in [1.29, 1.82) is 0 Å². The molecule has 3 heterocycles. The molecule has 3 rings (SSSR count). The van der Waals surface area contributed by atoms with Crippen LogP contribution < -0.4 is 16.8 Å². The third-order valence-electron chi connectivity index (χ3n) is 4.55. The molecule has 1 saturated heterocycles.